The second-order valence-electron chi connectivity index (χ2n) is 4.52. The molecule has 1 N–H and O–H groups in total. The highest BCUT2D eigenvalue weighted by Gasteiger charge is 2.39. The molecule has 1 saturated heterocycles. The summed E-state index contributed by atoms with van der Waals surface area (Å²) in [6.07, 6.45) is 1.69. The van der Waals surface area contributed by atoms with E-state index in [1.54, 1.807) is 6.21 Å². The van der Waals surface area contributed by atoms with Gasteiger partial charge in [-0.15, -0.1) is 0 Å². The van der Waals surface area contributed by atoms with Gasteiger partial charge in [-0.05, 0) is 18.1 Å². The van der Waals surface area contributed by atoms with Gasteiger partial charge in [-0.3, -0.25) is 0 Å². The minimum absolute atomic E-state index is 0.0763. The van der Waals surface area contributed by atoms with Crippen LogP contribution in [-0.4, -0.2) is 37.7 Å². The van der Waals surface area contributed by atoms with Crippen molar-refractivity contribution >= 4 is 6.21 Å². The summed E-state index contributed by atoms with van der Waals surface area (Å²) < 4.78 is 5.07. The summed E-state index contributed by atoms with van der Waals surface area (Å²) in [4.78, 5) is 5.22. The molecule has 0 saturated carbocycles. The molecule has 0 aliphatic carbocycles. The molecule has 2 rings (SSSR count). The first-order valence-electron chi connectivity index (χ1n) is 5.65. The third kappa shape index (κ3) is 2.84. The third-order valence-electron chi connectivity index (χ3n) is 2.98. The molecule has 0 unspecified atom stereocenters. The molecule has 0 spiro atoms. The Morgan fingerprint density at radius 3 is 2.82 bits per heavy atom. The summed E-state index contributed by atoms with van der Waals surface area (Å²) in [7, 11) is 0. The first-order chi connectivity index (χ1) is 8.26. The van der Waals surface area contributed by atoms with Crippen LogP contribution in [0.3, 0.4) is 0 Å². The van der Waals surface area contributed by atoms with E-state index in [4.69, 9.17) is 9.57 Å². The zero-order valence-electron chi connectivity index (χ0n) is 9.93. The van der Waals surface area contributed by atoms with Crippen molar-refractivity contribution in [3.8, 4) is 0 Å². The van der Waals surface area contributed by atoms with Gasteiger partial charge in [0.2, 0.25) is 0 Å². The summed E-state index contributed by atoms with van der Waals surface area (Å²) in [5, 5.41) is 13.1. The van der Waals surface area contributed by atoms with Gasteiger partial charge in [-0.1, -0.05) is 29.4 Å². The van der Waals surface area contributed by atoms with Gasteiger partial charge < -0.3 is 14.7 Å². The molecule has 1 aliphatic heterocycles. The average molecular weight is 235 g/mol. The predicted molar refractivity (Wildman–Crippen MR) is 65.1 cm³/mol. The molecule has 17 heavy (non-hydrogen) atoms. The van der Waals surface area contributed by atoms with Crippen LogP contribution in [0.4, 0.5) is 0 Å². The van der Waals surface area contributed by atoms with E-state index in [1.807, 2.05) is 31.2 Å². The van der Waals surface area contributed by atoms with E-state index in [-0.39, 0.29) is 12.0 Å². The van der Waals surface area contributed by atoms with Gasteiger partial charge in [0.05, 0.1) is 31.5 Å². The number of ether oxygens (including phenoxy) is 1. The topological polar surface area (TPSA) is 51.0 Å². The fourth-order valence-electron chi connectivity index (χ4n) is 1.61. The molecule has 0 radical (unpaired) electrons. The van der Waals surface area contributed by atoms with Crippen LogP contribution in [0.25, 0.3) is 0 Å². The van der Waals surface area contributed by atoms with Crippen molar-refractivity contribution in [3.05, 3.63) is 35.4 Å². The van der Waals surface area contributed by atoms with Crippen LogP contribution in [0.5, 0.6) is 0 Å². The van der Waals surface area contributed by atoms with Gasteiger partial charge in [0.15, 0.2) is 0 Å². The van der Waals surface area contributed by atoms with E-state index in [9.17, 15) is 5.11 Å². The molecule has 1 aromatic rings. The lowest BCUT2D eigenvalue weighted by Crippen LogP contribution is -2.48. The molecule has 1 heterocycles. The Hall–Kier alpha value is -1.39. The zero-order valence-corrected chi connectivity index (χ0v) is 9.93. The number of aliphatic hydroxyl groups excluding tert-OH is 1. The number of oxime groups is 1. The Labute approximate surface area is 101 Å². The van der Waals surface area contributed by atoms with E-state index in [1.165, 1.54) is 0 Å². The maximum atomic E-state index is 9.19. The maximum Gasteiger partial charge on any atom is 0.129 e. The Kier molecular flexibility index (Phi) is 3.76. The molecule has 92 valence electrons. The molecule has 0 bridgehead atoms. The number of benzene rings is 1. The molecular formula is C13H17NO3. The smallest absolute Gasteiger partial charge is 0.129 e. The van der Waals surface area contributed by atoms with Crippen LogP contribution in [0.2, 0.25) is 0 Å². The molecule has 0 atom stereocenters. The third-order valence-corrected chi connectivity index (χ3v) is 2.98. The van der Waals surface area contributed by atoms with Crippen molar-refractivity contribution in [2.24, 2.45) is 10.6 Å². The highest BCUT2D eigenvalue weighted by molar-refractivity contribution is 5.80. The molecule has 1 fully saturated rings. The normalized spacial score (nSPS) is 18.0. The van der Waals surface area contributed by atoms with Crippen LogP contribution in [0, 0.1) is 12.3 Å². The predicted octanol–water partition coefficient (Wildman–Crippen LogP) is 1.35. The highest BCUT2D eigenvalue weighted by atomic mass is 16.6. The Morgan fingerprint density at radius 1 is 1.47 bits per heavy atom. The van der Waals surface area contributed by atoms with Crippen molar-refractivity contribution in [2.45, 2.75) is 6.92 Å². The molecule has 0 aromatic heterocycles. The van der Waals surface area contributed by atoms with Crippen molar-refractivity contribution in [1.29, 1.82) is 0 Å². The SMILES string of the molecule is Cc1ccccc1/C=N/OCC1(CO)COC1. The standard InChI is InChI=1S/C13H17NO3/c1-11-4-2-3-5-12(11)6-14-17-10-13(7-15)8-16-9-13/h2-6,15H,7-10H2,1H3/b14-6+. The Morgan fingerprint density at radius 2 is 2.24 bits per heavy atom. The minimum Gasteiger partial charge on any atom is -0.395 e. The second-order valence-corrected chi connectivity index (χ2v) is 4.52. The number of aryl methyl sites for hydroxylation is 1. The molecular weight excluding hydrogens is 218 g/mol. The number of hydrogen-bond donors (Lipinski definition) is 1. The summed E-state index contributed by atoms with van der Waals surface area (Å²) in [6, 6.07) is 7.95. The van der Waals surface area contributed by atoms with E-state index in [0.717, 1.165) is 11.1 Å². The quantitative estimate of drug-likeness (QED) is 0.619. The first kappa shape index (κ1) is 12.1. The number of hydrogen-bond acceptors (Lipinski definition) is 4. The minimum atomic E-state index is -0.247. The van der Waals surface area contributed by atoms with Crippen LogP contribution in [0.15, 0.2) is 29.4 Å². The molecule has 4 heteroatoms. The van der Waals surface area contributed by atoms with E-state index < -0.39 is 0 Å². The van der Waals surface area contributed by atoms with Gasteiger partial charge in [-0.25, -0.2) is 0 Å². The summed E-state index contributed by atoms with van der Waals surface area (Å²) in [5.74, 6) is 0. The Balaban J connectivity index is 1.84. The average Bonchev–Trinajstić information content (AvgIpc) is 2.29. The summed E-state index contributed by atoms with van der Waals surface area (Å²) >= 11 is 0. The summed E-state index contributed by atoms with van der Waals surface area (Å²) in [6.45, 7) is 3.59. The molecule has 1 aromatic carbocycles. The van der Waals surface area contributed by atoms with E-state index >= 15 is 0 Å². The Bertz CT molecular complexity index is 394. The van der Waals surface area contributed by atoms with Crippen LogP contribution in [0.1, 0.15) is 11.1 Å². The zero-order chi connectivity index (χ0) is 12.1. The molecule has 4 nitrogen and oxygen atoms in total. The number of nitrogens with zero attached hydrogens (tertiary/aromatic N) is 1. The van der Waals surface area contributed by atoms with Crippen molar-refractivity contribution in [2.75, 3.05) is 26.4 Å². The fraction of sp³-hybridized carbons (Fsp3) is 0.462. The largest absolute Gasteiger partial charge is 0.395 e. The van der Waals surface area contributed by atoms with Gasteiger partial charge in [0.25, 0.3) is 0 Å². The monoisotopic (exact) mass is 235 g/mol. The molecule has 1 aliphatic rings. The highest BCUT2D eigenvalue weighted by Crippen LogP contribution is 2.26. The van der Waals surface area contributed by atoms with Gasteiger partial charge >= 0.3 is 0 Å². The van der Waals surface area contributed by atoms with E-state index in [2.05, 4.69) is 5.16 Å². The van der Waals surface area contributed by atoms with Gasteiger partial charge in [-0.2, -0.15) is 0 Å². The van der Waals surface area contributed by atoms with E-state index in [0.29, 0.717) is 19.8 Å². The van der Waals surface area contributed by atoms with Crippen LogP contribution in [-0.2, 0) is 9.57 Å². The van der Waals surface area contributed by atoms with Crippen molar-refractivity contribution < 1.29 is 14.7 Å². The van der Waals surface area contributed by atoms with Crippen molar-refractivity contribution in [3.63, 3.8) is 0 Å². The van der Waals surface area contributed by atoms with Crippen molar-refractivity contribution in [1.82, 2.24) is 0 Å². The first-order valence-corrected chi connectivity index (χ1v) is 5.65. The lowest BCUT2D eigenvalue weighted by molar-refractivity contribution is -0.168. The fourth-order valence-corrected chi connectivity index (χ4v) is 1.61. The molecule has 0 amide bonds. The number of aliphatic hydroxyl groups is 1. The summed E-state index contributed by atoms with van der Waals surface area (Å²) in [5.41, 5.74) is 1.95. The number of rotatable bonds is 5. The lowest BCUT2D eigenvalue weighted by atomic mass is 9.88. The second kappa shape index (κ2) is 5.29. The van der Waals surface area contributed by atoms with Crippen LogP contribution >= 0.6 is 0 Å². The lowest BCUT2D eigenvalue weighted by Gasteiger charge is -2.38. The van der Waals surface area contributed by atoms with Gasteiger partial charge in [0.1, 0.15) is 6.61 Å². The van der Waals surface area contributed by atoms with Gasteiger partial charge in [0, 0.05) is 0 Å². The maximum absolute atomic E-state index is 9.19. The van der Waals surface area contributed by atoms with Crippen LogP contribution < -0.4 is 0 Å².